The van der Waals surface area contributed by atoms with Crippen molar-refractivity contribution in [2.24, 2.45) is 0 Å². The van der Waals surface area contributed by atoms with Crippen LogP contribution in [-0.4, -0.2) is 43.5 Å². The lowest BCUT2D eigenvalue weighted by Crippen LogP contribution is -2.58. The summed E-state index contributed by atoms with van der Waals surface area (Å²) < 4.78 is 22.8. The Kier molecular flexibility index (Phi) is 4.65. The first-order valence-electron chi connectivity index (χ1n) is 6.62. The van der Waals surface area contributed by atoms with Crippen molar-refractivity contribution in [2.45, 2.75) is 12.0 Å². The molecule has 0 aliphatic rings. The summed E-state index contributed by atoms with van der Waals surface area (Å²) in [5, 5.41) is 3.10. The van der Waals surface area contributed by atoms with Crippen LogP contribution in [0.25, 0.3) is 10.9 Å². The fourth-order valence-corrected chi connectivity index (χ4v) is 2.35. The fourth-order valence-electron chi connectivity index (χ4n) is 2.35. The molecule has 0 bridgehead atoms. The number of ether oxygens (including phenoxy) is 2. The van der Waals surface area contributed by atoms with Crippen molar-refractivity contribution in [3.63, 3.8) is 0 Å². The van der Waals surface area contributed by atoms with Gasteiger partial charge in [0.1, 0.15) is 6.67 Å². The van der Waals surface area contributed by atoms with Crippen molar-refractivity contribution >= 4 is 23.0 Å². The molecule has 1 atom stereocenters. The quantitative estimate of drug-likeness (QED) is 0.827. The van der Waals surface area contributed by atoms with Crippen LogP contribution in [0.2, 0.25) is 0 Å². The summed E-state index contributed by atoms with van der Waals surface area (Å²) in [6.45, 7) is -1.12. The Morgan fingerprint density at radius 2 is 2.00 bits per heavy atom. The molecule has 118 valence electrons. The van der Waals surface area contributed by atoms with Gasteiger partial charge < -0.3 is 19.8 Å². The average Bonchev–Trinajstić information content (AvgIpc) is 2.96. The van der Waals surface area contributed by atoms with Crippen LogP contribution >= 0.6 is 0 Å². The van der Waals surface area contributed by atoms with Crippen LogP contribution in [0.5, 0.6) is 0 Å². The van der Waals surface area contributed by atoms with Crippen LogP contribution in [0.3, 0.4) is 0 Å². The molecular weight excluding hydrogens is 291 g/mol. The Labute approximate surface area is 126 Å². The van der Waals surface area contributed by atoms with Gasteiger partial charge >= 0.3 is 12.1 Å². The molecule has 0 saturated carbocycles. The molecule has 0 aliphatic heterocycles. The number of benzene rings is 1. The predicted octanol–water partition coefficient (Wildman–Crippen LogP) is 1.95. The number of esters is 1. The second kappa shape index (κ2) is 6.46. The number of nitrogens with one attached hydrogen (secondary N) is 2. The maximum absolute atomic E-state index is 13.7. The Morgan fingerprint density at radius 3 is 2.64 bits per heavy atom. The number of alkyl halides is 1. The van der Waals surface area contributed by atoms with E-state index in [0.717, 1.165) is 25.1 Å². The van der Waals surface area contributed by atoms with Gasteiger partial charge in [-0.3, -0.25) is 0 Å². The van der Waals surface area contributed by atoms with Crippen molar-refractivity contribution in [3.8, 4) is 0 Å². The third kappa shape index (κ3) is 2.88. The van der Waals surface area contributed by atoms with Crippen LogP contribution in [0.15, 0.2) is 30.5 Å². The van der Waals surface area contributed by atoms with E-state index in [1.54, 1.807) is 6.20 Å². The molecule has 1 aromatic heterocycles. The standard InChI is InChI=1S/C15H17FN2O4/c1-21-13(19)15(9-16,18-14(20)22-2)7-10-8-17-12-6-4-3-5-11(10)12/h3-6,8,17H,7,9H2,1-2H3,(H,18,20)/t15-/m0/s1. The monoisotopic (exact) mass is 308 g/mol. The number of carbonyl (C=O) groups is 2. The van der Waals surface area contributed by atoms with Gasteiger partial charge in [0.05, 0.1) is 14.2 Å². The summed E-state index contributed by atoms with van der Waals surface area (Å²) in [6.07, 6.45) is 0.717. The summed E-state index contributed by atoms with van der Waals surface area (Å²) in [5.74, 6) is -0.870. The SMILES string of the molecule is COC(=O)N[C@](CF)(Cc1c[nH]c2ccccc12)C(=O)OC. The van der Waals surface area contributed by atoms with Crippen molar-refractivity contribution < 1.29 is 23.5 Å². The molecule has 2 aromatic rings. The van der Waals surface area contributed by atoms with Gasteiger partial charge in [-0.05, 0) is 11.6 Å². The molecule has 0 radical (unpaired) electrons. The van der Waals surface area contributed by atoms with Gasteiger partial charge in [-0.2, -0.15) is 0 Å². The highest BCUT2D eigenvalue weighted by atomic mass is 19.1. The number of rotatable bonds is 5. The number of halogens is 1. The highest BCUT2D eigenvalue weighted by Crippen LogP contribution is 2.24. The number of aromatic amines is 1. The largest absolute Gasteiger partial charge is 0.467 e. The average molecular weight is 308 g/mol. The number of alkyl carbamates (subject to hydrolysis) is 1. The molecular formula is C15H17FN2O4. The fraction of sp³-hybridized carbons (Fsp3) is 0.333. The van der Waals surface area contributed by atoms with E-state index in [4.69, 9.17) is 0 Å². The van der Waals surface area contributed by atoms with Crippen molar-refractivity contribution in [1.29, 1.82) is 0 Å². The van der Waals surface area contributed by atoms with Gasteiger partial charge in [-0.25, -0.2) is 14.0 Å². The molecule has 2 rings (SSSR count). The summed E-state index contributed by atoms with van der Waals surface area (Å²) in [4.78, 5) is 26.6. The van der Waals surface area contributed by atoms with Crippen molar-refractivity contribution in [3.05, 3.63) is 36.0 Å². The lowest BCUT2D eigenvalue weighted by Gasteiger charge is -2.28. The van der Waals surface area contributed by atoms with Gasteiger partial charge in [0.2, 0.25) is 0 Å². The maximum atomic E-state index is 13.7. The number of amides is 1. The highest BCUT2D eigenvalue weighted by Gasteiger charge is 2.42. The van der Waals surface area contributed by atoms with E-state index in [1.807, 2.05) is 24.3 Å². The normalized spacial score (nSPS) is 13.4. The number of hydrogen-bond acceptors (Lipinski definition) is 4. The van der Waals surface area contributed by atoms with Gasteiger partial charge in [-0.15, -0.1) is 0 Å². The smallest absolute Gasteiger partial charge is 0.407 e. The van der Waals surface area contributed by atoms with Crippen LogP contribution in [0, 0.1) is 0 Å². The second-order valence-corrected chi connectivity index (χ2v) is 4.86. The minimum atomic E-state index is -1.83. The molecule has 1 amide bonds. The molecule has 7 heteroatoms. The number of fused-ring (bicyclic) bond motifs is 1. The number of methoxy groups -OCH3 is 2. The van der Waals surface area contributed by atoms with E-state index in [2.05, 4.69) is 19.8 Å². The van der Waals surface area contributed by atoms with Gasteiger partial charge in [0.15, 0.2) is 5.54 Å². The first-order valence-corrected chi connectivity index (χ1v) is 6.62. The Morgan fingerprint density at radius 1 is 1.27 bits per heavy atom. The maximum Gasteiger partial charge on any atom is 0.407 e. The molecule has 0 aliphatic carbocycles. The van der Waals surface area contributed by atoms with Crippen LogP contribution in [0.1, 0.15) is 5.56 Å². The predicted molar refractivity (Wildman–Crippen MR) is 78.3 cm³/mol. The first kappa shape index (κ1) is 15.8. The summed E-state index contributed by atoms with van der Waals surface area (Å²) in [7, 11) is 2.28. The topological polar surface area (TPSA) is 80.4 Å². The zero-order valence-electron chi connectivity index (χ0n) is 12.3. The number of para-hydroxylation sites is 1. The van der Waals surface area contributed by atoms with Gasteiger partial charge in [-0.1, -0.05) is 18.2 Å². The minimum absolute atomic E-state index is 0.0602. The lowest BCUT2D eigenvalue weighted by molar-refractivity contribution is -0.149. The Bertz CT molecular complexity index is 685. The van der Waals surface area contributed by atoms with Crippen LogP contribution in [-0.2, 0) is 20.7 Å². The third-order valence-electron chi connectivity index (χ3n) is 3.50. The minimum Gasteiger partial charge on any atom is -0.467 e. The van der Waals surface area contributed by atoms with E-state index in [1.165, 1.54) is 0 Å². The summed E-state index contributed by atoms with van der Waals surface area (Å²) in [6, 6.07) is 7.40. The van der Waals surface area contributed by atoms with E-state index in [-0.39, 0.29) is 6.42 Å². The Balaban J connectivity index is 2.40. The molecule has 6 nitrogen and oxygen atoms in total. The van der Waals surface area contributed by atoms with E-state index in [9.17, 15) is 14.0 Å². The number of carbonyl (C=O) groups excluding carboxylic acids is 2. The zero-order valence-corrected chi connectivity index (χ0v) is 12.3. The van der Waals surface area contributed by atoms with Crippen LogP contribution in [0.4, 0.5) is 9.18 Å². The van der Waals surface area contributed by atoms with Gasteiger partial charge in [0, 0.05) is 23.5 Å². The first-order chi connectivity index (χ1) is 10.6. The number of H-pyrrole nitrogens is 1. The van der Waals surface area contributed by atoms with E-state index < -0.39 is 24.3 Å². The van der Waals surface area contributed by atoms with Crippen molar-refractivity contribution in [1.82, 2.24) is 10.3 Å². The summed E-state index contributed by atoms with van der Waals surface area (Å²) >= 11 is 0. The van der Waals surface area contributed by atoms with Gasteiger partial charge in [0.25, 0.3) is 0 Å². The third-order valence-corrected chi connectivity index (χ3v) is 3.50. The lowest BCUT2D eigenvalue weighted by atomic mass is 9.92. The van der Waals surface area contributed by atoms with Crippen molar-refractivity contribution in [2.75, 3.05) is 20.9 Å². The summed E-state index contributed by atoms with van der Waals surface area (Å²) in [5.41, 5.74) is -0.282. The highest BCUT2D eigenvalue weighted by molar-refractivity contribution is 5.89. The molecule has 1 aromatic carbocycles. The molecule has 0 fully saturated rings. The van der Waals surface area contributed by atoms with E-state index in [0.29, 0.717) is 5.56 Å². The van der Waals surface area contributed by atoms with Crippen LogP contribution < -0.4 is 5.32 Å². The molecule has 0 saturated heterocycles. The molecule has 1 heterocycles. The molecule has 22 heavy (non-hydrogen) atoms. The second-order valence-electron chi connectivity index (χ2n) is 4.86. The number of aromatic nitrogens is 1. The molecule has 0 unspecified atom stereocenters. The Hall–Kier alpha value is -2.57. The zero-order chi connectivity index (χ0) is 16.2. The number of hydrogen-bond donors (Lipinski definition) is 2. The molecule has 0 spiro atoms. The van der Waals surface area contributed by atoms with E-state index >= 15 is 0 Å². The molecule has 2 N–H and O–H groups in total.